The molecule has 3 nitrogen and oxygen atoms in total. The minimum atomic E-state index is -0.324. The largest absolute Gasteiger partial charge is 0.361 e. The molecule has 0 atom stereocenters. The van der Waals surface area contributed by atoms with E-state index in [0.29, 0.717) is 0 Å². The van der Waals surface area contributed by atoms with Gasteiger partial charge in [0.15, 0.2) is 0 Å². The molecule has 1 aromatic heterocycles. The van der Waals surface area contributed by atoms with E-state index in [1.165, 1.54) is 16.5 Å². The van der Waals surface area contributed by atoms with Crippen LogP contribution in [0.2, 0.25) is 0 Å². The van der Waals surface area contributed by atoms with Gasteiger partial charge in [-0.2, -0.15) is 5.26 Å². The first kappa shape index (κ1) is 11.3. The molecule has 1 aliphatic rings. The highest BCUT2D eigenvalue weighted by Crippen LogP contribution is 2.38. The second kappa shape index (κ2) is 4.15. The summed E-state index contributed by atoms with van der Waals surface area (Å²) in [6.45, 7) is 3.96. The van der Waals surface area contributed by atoms with Crippen molar-refractivity contribution in [1.29, 1.82) is 5.26 Å². The summed E-state index contributed by atoms with van der Waals surface area (Å²) in [6, 6.07) is 8.83. The number of rotatable bonds is 1. The molecule has 0 amide bonds. The standard InChI is InChI=1S/C15H17N3/c1-11-3-2-4-13-14(11)12(9-18-13)15(10-16)5-7-17-8-6-15/h2-4,9,17-18H,5-8H2,1H3. The van der Waals surface area contributed by atoms with Crippen LogP contribution in [0.25, 0.3) is 10.9 Å². The van der Waals surface area contributed by atoms with Crippen LogP contribution >= 0.6 is 0 Å². The molecule has 1 aromatic carbocycles. The Kier molecular flexibility index (Phi) is 2.61. The minimum absolute atomic E-state index is 0.324. The third-order valence-corrected chi connectivity index (χ3v) is 4.10. The third-order valence-electron chi connectivity index (χ3n) is 4.10. The van der Waals surface area contributed by atoms with Gasteiger partial charge in [0.05, 0.1) is 11.5 Å². The molecular formula is C15H17N3. The Morgan fingerprint density at radius 2 is 2.06 bits per heavy atom. The van der Waals surface area contributed by atoms with E-state index in [2.05, 4.69) is 41.5 Å². The van der Waals surface area contributed by atoms with Crippen molar-refractivity contribution in [1.82, 2.24) is 10.3 Å². The van der Waals surface area contributed by atoms with Crippen LogP contribution in [0, 0.1) is 18.3 Å². The second-order valence-corrected chi connectivity index (χ2v) is 5.14. The average molecular weight is 239 g/mol. The molecule has 92 valence electrons. The summed E-state index contributed by atoms with van der Waals surface area (Å²) in [4.78, 5) is 3.31. The van der Waals surface area contributed by atoms with Gasteiger partial charge in [0.1, 0.15) is 0 Å². The molecule has 1 fully saturated rings. The van der Waals surface area contributed by atoms with Crippen LogP contribution in [0.4, 0.5) is 0 Å². The van der Waals surface area contributed by atoms with Gasteiger partial charge in [0, 0.05) is 17.1 Å². The summed E-state index contributed by atoms with van der Waals surface area (Å²) < 4.78 is 0. The average Bonchev–Trinajstić information content (AvgIpc) is 2.85. The molecule has 3 heteroatoms. The van der Waals surface area contributed by atoms with Crippen LogP contribution in [0.15, 0.2) is 24.4 Å². The Labute approximate surface area is 107 Å². The number of aromatic amines is 1. The van der Waals surface area contributed by atoms with Crippen molar-refractivity contribution in [3.8, 4) is 6.07 Å². The van der Waals surface area contributed by atoms with Crippen LogP contribution in [-0.2, 0) is 5.41 Å². The van der Waals surface area contributed by atoms with E-state index >= 15 is 0 Å². The molecule has 2 heterocycles. The van der Waals surface area contributed by atoms with E-state index in [1.807, 2.05) is 6.20 Å². The van der Waals surface area contributed by atoms with Crippen molar-refractivity contribution in [3.63, 3.8) is 0 Å². The summed E-state index contributed by atoms with van der Waals surface area (Å²) in [5.41, 5.74) is 3.24. The minimum Gasteiger partial charge on any atom is -0.361 e. The monoisotopic (exact) mass is 239 g/mol. The zero-order valence-electron chi connectivity index (χ0n) is 10.6. The Morgan fingerprint density at radius 3 is 2.78 bits per heavy atom. The third kappa shape index (κ3) is 1.53. The van der Waals surface area contributed by atoms with E-state index in [4.69, 9.17) is 0 Å². The van der Waals surface area contributed by atoms with Crippen molar-refractivity contribution >= 4 is 10.9 Å². The summed E-state index contributed by atoms with van der Waals surface area (Å²) in [7, 11) is 0. The first-order valence-corrected chi connectivity index (χ1v) is 6.46. The number of piperidine rings is 1. The Morgan fingerprint density at radius 1 is 1.28 bits per heavy atom. The summed E-state index contributed by atoms with van der Waals surface area (Å²) in [6.07, 6.45) is 3.82. The SMILES string of the molecule is Cc1cccc2[nH]cc(C3(C#N)CCNCC3)c12. The topological polar surface area (TPSA) is 51.6 Å². The van der Waals surface area contributed by atoms with Gasteiger partial charge in [-0.3, -0.25) is 0 Å². The number of aromatic nitrogens is 1. The molecule has 1 saturated heterocycles. The number of hydrogen-bond donors (Lipinski definition) is 2. The van der Waals surface area contributed by atoms with Gasteiger partial charge in [0.25, 0.3) is 0 Å². The maximum atomic E-state index is 9.67. The molecule has 0 radical (unpaired) electrons. The Balaban J connectivity index is 2.22. The number of aryl methyl sites for hydroxylation is 1. The number of fused-ring (bicyclic) bond motifs is 1. The first-order valence-electron chi connectivity index (χ1n) is 6.46. The summed E-state index contributed by atoms with van der Waals surface area (Å²) in [5.74, 6) is 0. The molecule has 0 aliphatic carbocycles. The number of benzene rings is 1. The van der Waals surface area contributed by atoms with E-state index in [0.717, 1.165) is 31.4 Å². The van der Waals surface area contributed by atoms with Crippen molar-refractivity contribution in [3.05, 3.63) is 35.5 Å². The van der Waals surface area contributed by atoms with Gasteiger partial charge in [0.2, 0.25) is 0 Å². The number of H-pyrrole nitrogens is 1. The van der Waals surface area contributed by atoms with Crippen LogP contribution < -0.4 is 5.32 Å². The Bertz CT molecular complexity index is 612. The number of nitrogens with one attached hydrogen (secondary N) is 2. The van der Waals surface area contributed by atoms with E-state index in [9.17, 15) is 5.26 Å². The number of nitriles is 1. The van der Waals surface area contributed by atoms with Gasteiger partial charge < -0.3 is 10.3 Å². The van der Waals surface area contributed by atoms with Gasteiger partial charge in [-0.25, -0.2) is 0 Å². The van der Waals surface area contributed by atoms with Gasteiger partial charge in [-0.15, -0.1) is 0 Å². The molecular weight excluding hydrogens is 222 g/mol. The fourth-order valence-corrected chi connectivity index (χ4v) is 3.04. The first-order chi connectivity index (χ1) is 8.77. The van der Waals surface area contributed by atoms with Crippen LogP contribution in [-0.4, -0.2) is 18.1 Å². The lowest BCUT2D eigenvalue weighted by Crippen LogP contribution is -2.38. The fraction of sp³-hybridized carbons (Fsp3) is 0.400. The molecule has 1 aliphatic heterocycles. The van der Waals surface area contributed by atoms with Crippen molar-refractivity contribution in [2.45, 2.75) is 25.2 Å². The normalized spacial score (nSPS) is 18.7. The lowest BCUT2D eigenvalue weighted by atomic mass is 9.74. The van der Waals surface area contributed by atoms with E-state index < -0.39 is 0 Å². The zero-order chi connectivity index (χ0) is 12.6. The van der Waals surface area contributed by atoms with E-state index in [-0.39, 0.29) is 5.41 Å². The highest BCUT2D eigenvalue weighted by molar-refractivity contribution is 5.88. The quantitative estimate of drug-likeness (QED) is 0.803. The second-order valence-electron chi connectivity index (χ2n) is 5.14. The van der Waals surface area contributed by atoms with Crippen LogP contribution in [0.1, 0.15) is 24.0 Å². The predicted octanol–water partition coefficient (Wildman–Crippen LogP) is 2.62. The maximum absolute atomic E-state index is 9.67. The molecule has 0 bridgehead atoms. The van der Waals surface area contributed by atoms with Gasteiger partial charge >= 0.3 is 0 Å². The highest BCUT2D eigenvalue weighted by atomic mass is 14.9. The highest BCUT2D eigenvalue weighted by Gasteiger charge is 2.36. The molecule has 0 unspecified atom stereocenters. The smallest absolute Gasteiger partial charge is 0.0867 e. The van der Waals surface area contributed by atoms with Crippen molar-refractivity contribution in [2.75, 3.05) is 13.1 Å². The molecule has 2 N–H and O–H groups in total. The van der Waals surface area contributed by atoms with E-state index in [1.54, 1.807) is 0 Å². The molecule has 18 heavy (non-hydrogen) atoms. The maximum Gasteiger partial charge on any atom is 0.0867 e. The van der Waals surface area contributed by atoms with Gasteiger partial charge in [-0.05, 0) is 50.0 Å². The lowest BCUT2D eigenvalue weighted by Gasteiger charge is -2.31. The van der Waals surface area contributed by atoms with Crippen molar-refractivity contribution in [2.24, 2.45) is 0 Å². The number of hydrogen-bond acceptors (Lipinski definition) is 2. The van der Waals surface area contributed by atoms with Crippen molar-refractivity contribution < 1.29 is 0 Å². The Hall–Kier alpha value is -1.79. The number of nitrogens with zero attached hydrogens (tertiary/aromatic N) is 1. The molecule has 3 rings (SSSR count). The molecule has 2 aromatic rings. The van der Waals surface area contributed by atoms with Gasteiger partial charge in [-0.1, -0.05) is 12.1 Å². The predicted molar refractivity (Wildman–Crippen MR) is 72.4 cm³/mol. The van der Waals surface area contributed by atoms with Crippen LogP contribution in [0.3, 0.4) is 0 Å². The summed E-state index contributed by atoms with van der Waals surface area (Å²) >= 11 is 0. The molecule has 0 spiro atoms. The fourth-order valence-electron chi connectivity index (χ4n) is 3.04. The summed E-state index contributed by atoms with van der Waals surface area (Å²) in [5, 5.41) is 14.2. The zero-order valence-corrected chi connectivity index (χ0v) is 10.6. The van der Waals surface area contributed by atoms with Crippen LogP contribution in [0.5, 0.6) is 0 Å². The molecule has 0 saturated carbocycles. The lowest BCUT2D eigenvalue weighted by molar-refractivity contribution is 0.384.